The van der Waals surface area contributed by atoms with Gasteiger partial charge in [-0.25, -0.2) is 0 Å². The Morgan fingerprint density at radius 2 is 1.65 bits per heavy atom. The van der Waals surface area contributed by atoms with E-state index in [9.17, 15) is 5.11 Å². The Labute approximate surface area is 137 Å². The Bertz CT molecular complexity index is 570. The fourth-order valence-corrected chi connectivity index (χ4v) is 3.04. The molecule has 0 aromatic heterocycles. The summed E-state index contributed by atoms with van der Waals surface area (Å²) in [4.78, 5) is 0. The van der Waals surface area contributed by atoms with Crippen molar-refractivity contribution in [3.05, 3.63) is 71.8 Å². The summed E-state index contributed by atoms with van der Waals surface area (Å²) in [6.07, 6.45) is 1.92. The highest BCUT2D eigenvalue weighted by Crippen LogP contribution is 2.32. The van der Waals surface area contributed by atoms with Crippen LogP contribution in [-0.2, 0) is 16.1 Å². The van der Waals surface area contributed by atoms with Crippen LogP contribution in [0.5, 0.6) is 0 Å². The van der Waals surface area contributed by atoms with Crippen molar-refractivity contribution in [3.8, 4) is 0 Å². The molecule has 2 aromatic carbocycles. The molecule has 1 heterocycles. The first-order valence-corrected chi connectivity index (χ1v) is 8.31. The molecule has 122 valence electrons. The predicted molar refractivity (Wildman–Crippen MR) is 90.0 cm³/mol. The van der Waals surface area contributed by atoms with Gasteiger partial charge in [0.2, 0.25) is 0 Å². The molecule has 0 radical (unpaired) electrons. The Morgan fingerprint density at radius 1 is 0.957 bits per heavy atom. The minimum atomic E-state index is -0.298. The Balaban J connectivity index is 1.46. The van der Waals surface area contributed by atoms with Crippen LogP contribution in [0.2, 0.25) is 0 Å². The Hall–Kier alpha value is -1.68. The van der Waals surface area contributed by atoms with Gasteiger partial charge in [-0.15, -0.1) is 0 Å². The average molecular weight is 312 g/mol. The lowest BCUT2D eigenvalue weighted by molar-refractivity contribution is -0.107. The van der Waals surface area contributed by atoms with Crippen LogP contribution < -0.4 is 0 Å². The normalized spacial score (nSPS) is 24.5. The summed E-state index contributed by atoms with van der Waals surface area (Å²) in [6, 6.07) is 20.3. The summed E-state index contributed by atoms with van der Waals surface area (Å²) in [7, 11) is 0. The van der Waals surface area contributed by atoms with Crippen LogP contribution in [0.3, 0.4) is 0 Å². The van der Waals surface area contributed by atoms with E-state index in [0.29, 0.717) is 26.1 Å². The van der Waals surface area contributed by atoms with Gasteiger partial charge in [-0.2, -0.15) is 0 Å². The maximum Gasteiger partial charge on any atom is 0.0853 e. The molecule has 0 bridgehead atoms. The molecule has 1 saturated heterocycles. The van der Waals surface area contributed by atoms with Crippen molar-refractivity contribution in [2.45, 2.75) is 44.2 Å². The van der Waals surface area contributed by atoms with E-state index in [1.807, 2.05) is 36.4 Å². The van der Waals surface area contributed by atoms with E-state index >= 15 is 0 Å². The standard InChI is InChI=1S/C20H24O3/c21-18-13-19(11-12-22-15-16-7-3-1-4-8-16)23-20(14-18)17-9-5-2-6-10-17/h1-10,18-21H,11-15H2/t18-,19+,20+/m0/s1. The van der Waals surface area contributed by atoms with Crippen LogP contribution in [0, 0.1) is 0 Å². The summed E-state index contributed by atoms with van der Waals surface area (Å²) in [5, 5.41) is 10.1. The van der Waals surface area contributed by atoms with Gasteiger partial charge in [0.1, 0.15) is 0 Å². The minimum Gasteiger partial charge on any atom is -0.393 e. The lowest BCUT2D eigenvalue weighted by Crippen LogP contribution is -2.32. The van der Waals surface area contributed by atoms with E-state index in [1.54, 1.807) is 0 Å². The summed E-state index contributed by atoms with van der Waals surface area (Å²) in [6.45, 7) is 1.27. The second-order valence-corrected chi connectivity index (χ2v) is 6.11. The predicted octanol–water partition coefficient (Wildman–Crippen LogP) is 3.87. The monoisotopic (exact) mass is 312 g/mol. The lowest BCUT2D eigenvalue weighted by Gasteiger charge is -2.33. The second kappa shape index (κ2) is 8.25. The van der Waals surface area contributed by atoms with Gasteiger partial charge in [0, 0.05) is 13.0 Å². The number of aliphatic hydroxyl groups is 1. The molecular weight excluding hydrogens is 288 g/mol. The van der Waals surface area contributed by atoms with Crippen molar-refractivity contribution in [2.24, 2.45) is 0 Å². The van der Waals surface area contributed by atoms with E-state index < -0.39 is 0 Å². The molecule has 3 heteroatoms. The zero-order valence-electron chi connectivity index (χ0n) is 13.3. The van der Waals surface area contributed by atoms with Gasteiger partial charge in [-0.3, -0.25) is 0 Å². The molecular formula is C20H24O3. The molecule has 0 aliphatic carbocycles. The first-order chi connectivity index (χ1) is 11.3. The second-order valence-electron chi connectivity index (χ2n) is 6.11. The van der Waals surface area contributed by atoms with Gasteiger partial charge in [0.25, 0.3) is 0 Å². The number of hydrogen-bond acceptors (Lipinski definition) is 3. The molecule has 1 N–H and O–H groups in total. The highest BCUT2D eigenvalue weighted by Gasteiger charge is 2.28. The highest BCUT2D eigenvalue weighted by atomic mass is 16.5. The number of aliphatic hydroxyl groups excluding tert-OH is 1. The maximum absolute atomic E-state index is 10.1. The summed E-state index contributed by atoms with van der Waals surface area (Å²) >= 11 is 0. The van der Waals surface area contributed by atoms with Crippen molar-refractivity contribution in [3.63, 3.8) is 0 Å². The lowest BCUT2D eigenvalue weighted by atomic mass is 9.95. The summed E-state index contributed by atoms with van der Waals surface area (Å²) in [5.74, 6) is 0. The zero-order valence-corrected chi connectivity index (χ0v) is 13.3. The smallest absolute Gasteiger partial charge is 0.0853 e. The first-order valence-electron chi connectivity index (χ1n) is 8.31. The largest absolute Gasteiger partial charge is 0.393 e. The van der Waals surface area contributed by atoms with Gasteiger partial charge >= 0.3 is 0 Å². The molecule has 1 aliphatic heterocycles. The van der Waals surface area contributed by atoms with E-state index in [1.165, 1.54) is 5.56 Å². The molecule has 0 saturated carbocycles. The minimum absolute atomic E-state index is 0.0147. The molecule has 3 rings (SSSR count). The van der Waals surface area contributed by atoms with E-state index in [4.69, 9.17) is 9.47 Å². The van der Waals surface area contributed by atoms with E-state index in [-0.39, 0.29) is 18.3 Å². The Morgan fingerprint density at radius 3 is 2.39 bits per heavy atom. The number of ether oxygens (including phenoxy) is 2. The SMILES string of the molecule is O[C@H]1C[C@@H](CCOCc2ccccc2)O[C@@H](c2ccccc2)C1. The molecule has 23 heavy (non-hydrogen) atoms. The molecule has 0 spiro atoms. The number of benzene rings is 2. The molecule has 2 aromatic rings. The first kappa shape index (κ1) is 16.2. The van der Waals surface area contributed by atoms with Crippen molar-refractivity contribution >= 4 is 0 Å². The van der Waals surface area contributed by atoms with Gasteiger partial charge in [-0.1, -0.05) is 60.7 Å². The van der Waals surface area contributed by atoms with E-state index in [2.05, 4.69) is 24.3 Å². The van der Waals surface area contributed by atoms with Crippen LogP contribution in [0.25, 0.3) is 0 Å². The molecule has 1 fully saturated rings. The molecule has 3 nitrogen and oxygen atoms in total. The molecule has 0 amide bonds. The molecule has 3 atom stereocenters. The quantitative estimate of drug-likeness (QED) is 0.823. The van der Waals surface area contributed by atoms with Crippen molar-refractivity contribution in [2.75, 3.05) is 6.61 Å². The molecule has 0 unspecified atom stereocenters. The van der Waals surface area contributed by atoms with Crippen LogP contribution >= 0.6 is 0 Å². The highest BCUT2D eigenvalue weighted by molar-refractivity contribution is 5.18. The summed E-state index contributed by atoms with van der Waals surface area (Å²) < 4.78 is 11.9. The third-order valence-corrected chi connectivity index (χ3v) is 4.24. The molecule has 1 aliphatic rings. The van der Waals surface area contributed by atoms with Crippen molar-refractivity contribution < 1.29 is 14.6 Å². The fourth-order valence-electron chi connectivity index (χ4n) is 3.04. The third-order valence-electron chi connectivity index (χ3n) is 4.24. The van der Waals surface area contributed by atoms with E-state index in [0.717, 1.165) is 12.0 Å². The van der Waals surface area contributed by atoms with Gasteiger partial charge in [-0.05, 0) is 24.0 Å². The van der Waals surface area contributed by atoms with Gasteiger partial charge in [0.15, 0.2) is 0 Å². The summed E-state index contributed by atoms with van der Waals surface area (Å²) in [5.41, 5.74) is 2.32. The van der Waals surface area contributed by atoms with Crippen LogP contribution in [0.15, 0.2) is 60.7 Å². The van der Waals surface area contributed by atoms with Gasteiger partial charge < -0.3 is 14.6 Å². The third kappa shape index (κ3) is 4.90. The Kier molecular flexibility index (Phi) is 5.81. The van der Waals surface area contributed by atoms with Crippen molar-refractivity contribution in [1.29, 1.82) is 0 Å². The van der Waals surface area contributed by atoms with Gasteiger partial charge in [0.05, 0.1) is 24.9 Å². The topological polar surface area (TPSA) is 38.7 Å². The van der Waals surface area contributed by atoms with Crippen molar-refractivity contribution in [1.82, 2.24) is 0 Å². The van der Waals surface area contributed by atoms with Crippen LogP contribution in [0.1, 0.15) is 36.5 Å². The number of rotatable bonds is 6. The van der Waals surface area contributed by atoms with Crippen LogP contribution in [-0.4, -0.2) is 23.9 Å². The zero-order chi connectivity index (χ0) is 15.9. The maximum atomic E-state index is 10.1. The fraction of sp³-hybridized carbons (Fsp3) is 0.400. The number of hydrogen-bond donors (Lipinski definition) is 1. The average Bonchev–Trinajstić information content (AvgIpc) is 2.60. The van der Waals surface area contributed by atoms with Crippen LogP contribution in [0.4, 0.5) is 0 Å².